The van der Waals surface area contributed by atoms with Crippen LogP contribution < -0.4 is 5.32 Å². The molecule has 0 aliphatic carbocycles. The summed E-state index contributed by atoms with van der Waals surface area (Å²) in [7, 11) is 3.05. The van der Waals surface area contributed by atoms with E-state index < -0.39 is 0 Å². The topological polar surface area (TPSA) is 47.6 Å². The Balaban J connectivity index is 2.55. The maximum Gasteiger partial charge on any atom is 0.322 e. The molecular formula is C10H17NO3. The number of nitrogens with one attached hydrogen (secondary N) is 1. The van der Waals surface area contributed by atoms with E-state index in [-0.39, 0.29) is 24.2 Å². The van der Waals surface area contributed by atoms with Gasteiger partial charge in [-0.05, 0) is 6.42 Å². The van der Waals surface area contributed by atoms with Gasteiger partial charge in [0.25, 0.3) is 0 Å². The summed E-state index contributed by atoms with van der Waals surface area (Å²) in [4.78, 5) is 11.3. The second-order valence-electron chi connectivity index (χ2n) is 3.38. The second-order valence-corrected chi connectivity index (χ2v) is 3.38. The summed E-state index contributed by atoms with van der Waals surface area (Å²) >= 11 is 0. The van der Waals surface area contributed by atoms with Crippen LogP contribution in [-0.4, -0.2) is 38.4 Å². The van der Waals surface area contributed by atoms with Crippen molar-refractivity contribution in [3.63, 3.8) is 0 Å². The van der Waals surface area contributed by atoms with Gasteiger partial charge >= 0.3 is 5.97 Å². The first-order valence-electron chi connectivity index (χ1n) is 4.70. The molecule has 1 heterocycles. The summed E-state index contributed by atoms with van der Waals surface area (Å²) in [6.07, 6.45) is 3.36. The van der Waals surface area contributed by atoms with Crippen LogP contribution >= 0.6 is 0 Å². The number of carbonyl (C=O) groups excluding carboxylic acids is 1. The molecule has 4 heteroatoms. The zero-order chi connectivity index (χ0) is 10.6. The van der Waals surface area contributed by atoms with E-state index in [0.717, 1.165) is 6.42 Å². The summed E-state index contributed by atoms with van der Waals surface area (Å²) in [6, 6.07) is -0.0727. The van der Waals surface area contributed by atoms with Gasteiger partial charge in [0.15, 0.2) is 0 Å². The van der Waals surface area contributed by atoms with Crippen LogP contribution in [0.3, 0.4) is 0 Å². The molecule has 1 N–H and O–H groups in total. The van der Waals surface area contributed by atoms with Crippen LogP contribution in [0.2, 0.25) is 0 Å². The van der Waals surface area contributed by atoms with E-state index in [0.29, 0.717) is 6.42 Å². The van der Waals surface area contributed by atoms with Crippen molar-refractivity contribution in [3.05, 3.63) is 12.7 Å². The Kier molecular flexibility index (Phi) is 4.10. The predicted octanol–water partition coefficient (Wildman–Crippen LogP) is 0.481. The molecule has 1 fully saturated rings. The van der Waals surface area contributed by atoms with Crippen molar-refractivity contribution >= 4 is 5.97 Å². The number of rotatable bonds is 4. The minimum atomic E-state index is -0.241. The molecule has 0 saturated carbocycles. The average molecular weight is 199 g/mol. The summed E-state index contributed by atoms with van der Waals surface area (Å²) in [5, 5.41) is 3.17. The third-order valence-corrected chi connectivity index (χ3v) is 2.54. The van der Waals surface area contributed by atoms with Crippen LogP contribution in [0.25, 0.3) is 0 Å². The molecule has 1 rings (SSSR count). The van der Waals surface area contributed by atoms with Gasteiger partial charge in [-0.1, -0.05) is 6.08 Å². The Labute approximate surface area is 84.3 Å². The molecule has 0 radical (unpaired) electrons. The van der Waals surface area contributed by atoms with E-state index in [1.807, 2.05) is 6.08 Å². The van der Waals surface area contributed by atoms with E-state index in [9.17, 15) is 4.79 Å². The van der Waals surface area contributed by atoms with E-state index in [1.165, 1.54) is 7.11 Å². The third-order valence-electron chi connectivity index (χ3n) is 2.54. The number of hydrogen-bond donors (Lipinski definition) is 1. The smallest absolute Gasteiger partial charge is 0.322 e. The standard InChI is InChI=1S/C10H17NO3/c1-4-5-7-9(13-2)6-8(11-7)10(12)14-3/h4,7-9,11H,1,5-6H2,2-3H3/t7?,8-,9+/m0/s1. The Hall–Kier alpha value is -0.870. The van der Waals surface area contributed by atoms with Gasteiger partial charge in [-0.3, -0.25) is 10.1 Å². The molecule has 0 aromatic carbocycles. The van der Waals surface area contributed by atoms with E-state index in [1.54, 1.807) is 7.11 Å². The van der Waals surface area contributed by atoms with E-state index in [2.05, 4.69) is 16.6 Å². The van der Waals surface area contributed by atoms with E-state index >= 15 is 0 Å². The van der Waals surface area contributed by atoms with Crippen molar-refractivity contribution in [2.24, 2.45) is 0 Å². The molecule has 80 valence electrons. The van der Waals surface area contributed by atoms with Gasteiger partial charge in [-0.25, -0.2) is 0 Å². The molecule has 1 saturated heterocycles. The van der Waals surface area contributed by atoms with Gasteiger partial charge < -0.3 is 9.47 Å². The summed E-state index contributed by atoms with van der Waals surface area (Å²) in [5.41, 5.74) is 0. The van der Waals surface area contributed by atoms with Crippen molar-refractivity contribution in [1.29, 1.82) is 0 Å². The molecule has 14 heavy (non-hydrogen) atoms. The lowest BCUT2D eigenvalue weighted by Gasteiger charge is -2.15. The van der Waals surface area contributed by atoms with Crippen molar-refractivity contribution in [2.75, 3.05) is 14.2 Å². The Bertz CT molecular complexity index is 217. The Morgan fingerprint density at radius 3 is 2.86 bits per heavy atom. The fraction of sp³-hybridized carbons (Fsp3) is 0.700. The average Bonchev–Trinajstić information content (AvgIpc) is 2.60. The van der Waals surface area contributed by atoms with Crippen LogP contribution in [0.15, 0.2) is 12.7 Å². The van der Waals surface area contributed by atoms with Gasteiger partial charge in [0.05, 0.1) is 13.2 Å². The van der Waals surface area contributed by atoms with Gasteiger partial charge in [-0.2, -0.15) is 0 Å². The molecule has 4 nitrogen and oxygen atoms in total. The lowest BCUT2D eigenvalue weighted by molar-refractivity contribution is -0.142. The first-order valence-corrected chi connectivity index (χ1v) is 4.70. The highest BCUT2D eigenvalue weighted by Crippen LogP contribution is 2.19. The number of hydrogen-bond acceptors (Lipinski definition) is 4. The highest BCUT2D eigenvalue weighted by molar-refractivity contribution is 5.76. The second kappa shape index (κ2) is 5.12. The first kappa shape index (κ1) is 11.2. The SMILES string of the molecule is C=CCC1N[C@H](C(=O)OC)C[C@H]1OC. The van der Waals surface area contributed by atoms with Crippen LogP contribution in [0.4, 0.5) is 0 Å². The highest BCUT2D eigenvalue weighted by atomic mass is 16.5. The normalized spacial score (nSPS) is 31.4. The largest absolute Gasteiger partial charge is 0.468 e. The highest BCUT2D eigenvalue weighted by Gasteiger charge is 2.37. The number of carbonyl (C=O) groups is 1. The molecule has 1 unspecified atom stereocenters. The van der Waals surface area contributed by atoms with Crippen molar-refractivity contribution < 1.29 is 14.3 Å². The van der Waals surface area contributed by atoms with Gasteiger partial charge in [0.2, 0.25) is 0 Å². The molecule has 0 spiro atoms. The number of ether oxygens (including phenoxy) is 2. The van der Waals surface area contributed by atoms with Crippen LogP contribution in [0, 0.1) is 0 Å². The maximum atomic E-state index is 11.3. The van der Waals surface area contributed by atoms with Gasteiger partial charge in [0, 0.05) is 19.6 Å². The monoisotopic (exact) mass is 199 g/mol. The number of methoxy groups -OCH3 is 2. The van der Waals surface area contributed by atoms with E-state index in [4.69, 9.17) is 4.74 Å². The molecule has 0 aromatic rings. The van der Waals surface area contributed by atoms with Crippen LogP contribution in [-0.2, 0) is 14.3 Å². The fourth-order valence-electron chi connectivity index (χ4n) is 1.80. The van der Waals surface area contributed by atoms with Crippen molar-refractivity contribution in [3.8, 4) is 0 Å². The lowest BCUT2D eigenvalue weighted by atomic mass is 10.1. The molecule has 3 atom stereocenters. The first-order chi connectivity index (χ1) is 6.72. The number of esters is 1. The van der Waals surface area contributed by atoms with Crippen LogP contribution in [0.1, 0.15) is 12.8 Å². The summed E-state index contributed by atoms with van der Waals surface area (Å²) in [5.74, 6) is -0.224. The molecular weight excluding hydrogens is 182 g/mol. The molecule has 1 aliphatic rings. The quantitative estimate of drug-likeness (QED) is 0.528. The summed E-state index contributed by atoms with van der Waals surface area (Å²) in [6.45, 7) is 3.67. The zero-order valence-electron chi connectivity index (χ0n) is 8.66. The summed E-state index contributed by atoms with van der Waals surface area (Å²) < 4.78 is 9.95. The van der Waals surface area contributed by atoms with Crippen molar-refractivity contribution in [1.82, 2.24) is 5.32 Å². The van der Waals surface area contributed by atoms with Gasteiger partial charge in [-0.15, -0.1) is 6.58 Å². The lowest BCUT2D eigenvalue weighted by Crippen LogP contribution is -2.37. The molecule has 0 bridgehead atoms. The molecule has 0 amide bonds. The molecule has 0 aromatic heterocycles. The molecule has 1 aliphatic heterocycles. The minimum Gasteiger partial charge on any atom is -0.468 e. The minimum absolute atomic E-state index is 0.0668. The fourth-order valence-corrected chi connectivity index (χ4v) is 1.80. The maximum absolute atomic E-state index is 11.3. The zero-order valence-corrected chi connectivity index (χ0v) is 8.66. The predicted molar refractivity (Wildman–Crippen MR) is 53.0 cm³/mol. The third kappa shape index (κ3) is 2.33. The Morgan fingerprint density at radius 1 is 1.64 bits per heavy atom. The van der Waals surface area contributed by atoms with Crippen molar-refractivity contribution in [2.45, 2.75) is 31.0 Å². The van der Waals surface area contributed by atoms with Gasteiger partial charge in [0.1, 0.15) is 6.04 Å². The Morgan fingerprint density at radius 2 is 2.36 bits per heavy atom. The van der Waals surface area contributed by atoms with Crippen LogP contribution in [0.5, 0.6) is 0 Å².